The summed E-state index contributed by atoms with van der Waals surface area (Å²) in [6.45, 7) is 4.14. The van der Waals surface area contributed by atoms with Crippen LogP contribution in [0.3, 0.4) is 0 Å². The van der Waals surface area contributed by atoms with Crippen LogP contribution in [0.5, 0.6) is 0 Å². The van der Waals surface area contributed by atoms with E-state index in [9.17, 15) is 0 Å². The van der Waals surface area contributed by atoms with Gasteiger partial charge >= 0.3 is 0 Å². The SMILES string of the molecule is CC(CCN(C)C)NCc1ccc(I)o1. The summed E-state index contributed by atoms with van der Waals surface area (Å²) in [6.07, 6.45) is 1.16. The van der Waals surface area contributed by atoms with Crippen LogP contribution in [0, 0.1) is 3.77 Å². The fraction of sp³-hybridized carbons (Fsp3) is 0.636. The van der Waals surface area contributed by atoms with Gasteiger partial charge in [0, 0.05) is 6.04 Å². The number of hydrogen-bond donors (Lipinski definition) is 1. The second-order valence-electron chi connectivity index (χ2n) is 4.08. The van der Waals surface area contributed by atoms with Gasteiger partial charge in [-0.25, -0.2) is 0 Å². The molecule has 4 heteroatoms. The average Bonchev–Trinajstić information content (AvgIpc) is 2.58. The Morgan fingerprint density at radius 1 is 1.47 bits per heavy atom. The Morgan fingerprint density at radius 3 is 2.73 bits per heavy atom. The van der Waals surface area contributed by atoms with Crippen LogP contribution in [0.2, 0.25) is 0 Å². The Morgan fingerprint density at radius 2 is 2.20 bits per heavy atom. The van der Waals surface area contributed by atoms with Gasteiger partial charge < -0.3 is 14.6 Å². The lowest BCUT2D eigenvalue weighted by Gasteiger charge is -2.15. The van der Waals surface area contributed by atoms with Gasteiger partial charge in [-0.3, -0.25) is 0 Å². The summed E-state index contributed by atoms with van der Waals surface area (Å²) in [4.78, 5) is 2.20. The van der Waals surface area contributed by atoms with Crippen molar-refractivity contribution in [2.24, 2.45) is 0 Å². The lowest BCUT2D eigenvalue weighted by molar-refractivity contribution is 0.358. The molecule has 0 aliphatic rings. The molecule has 86 valence electrons. The Labute approximate surface area is 105 Å². The highest BCUT2D eigenvalue weighted by Gasteiger charge is 2.04. The highest BCUT2D eigenvalue weighted by atomic mass is 127. The zero-order chi connectivity index (χ0) is 11.3. The van der Waals surface area contributed by atoms with E-state index in [1.807, 2.05) is 12.1 Å². The van der Waals surface area contributed by atoms with Gasteiger partial charge in [0.05, 0.1) is 6.54 Å². The minimum absolute atomic E-state index is 0.523. The predicted octanol–water partition coefficient (Wildman–Crippen LogP) is 2.31. The van der Waals surface area contributed by atoms with Crippen molar-refractivity contribution in [2.75, 3.05) is 20.6 Å². The first-order valence-electron chi connectivity index (χ1n) is 5.20. The summed E-state index contributed by atoms with van der Waals surface area (Å²) in [5, 5.41) is 3.44. The number of furan rings is 1. The van der Waals surface area contributed by atoms with Gasteiger partial charge in [-0.15, -0.1) is 0 Å². The number of halogens is 1. The monoisotopic (exact) mass is 322 g/mol. The number of rotatable bonds is 6. The molecule has 3 nitrogen and oxygen atoms in total. The van der Waals surface area contributed by atoms with Crippen LogP contribution in [0.15, 0.2) is 16.5 Å². The summed E-state index contributed by atoms with van der Waals surface area (Å²) in [6, 6.07) is 4.53. The molecule has 1 aromatic heterocycles. The molecular weight excluding hydrogens is 303 g/mol. The molecule has 0 bridgehead atoms. The Kier molecular flexibility index (Phi) is 5.63. The lowest BCUT2D eigenvalue weighted by Crippen LogP contribution is -2.29. The van der Waals surface area contributed by atoms with Gasteiger partial charge in [0.15, 0.2) is 3.77 Å². The van der Waals surface area contributed by atoms with Crippen LogP contribution in [-0.2, 0) is 6.54 Å². The van der Waals surface area contributed by atoms with Crippen LogP contribution in [0.4, 0.5) is 0 Å². The van der Waals surface area contributed by atoms with E-state index in [1.165, 1.54) is 0 Å². The molecule has 1 heterocycles. The molecule has 1 unspecified atom stereocenters. The molecule has 1 atom stereocenters. The fourth-order valence-corrected chi connectivity index (χ4v) is 1.74. The molecule has 1 rings (SSSR count). The van der Waals surface area contributed by atoms with E-state index in [2.05, 4.69) is 53.8 Å². The van der Waals surface area contributed by atoms with Crippen LogP contribution in [0.25, 0.3) is 0 Å². The average molecular weight is 322 g/mol. The third-order valence-corrected chi connectivity index (χ3v) is 2.84. The van der Waals surface area contributed by atoms with Crippen molar-refractivity contribution in [1.82, 2.24) is 10.2 Å². The highest BCUT2D eigenvalue weighted by molar-refractivity contribution is 14.1. The van der Waals surface area contributed by atoms with Gasteiger partial charge in [-0.1, -0.05) is 0 Å². The van der Waals surface area contributed by atoms with E-state index in [1.54, 1.807) is 0 Å². The van der Waals surface area contributed by atoms with Gasteiger partial charge in [-0.05, 0) is 68.7 Å². The Hall–Kier alpha value is -0.0700. The van der Waals surface area contributed by atoms with Crippen molar-refractivity contribution >= 4 is 22.6 Å². The van der Waals surface area contributed by atoms with Crippen molar-refractivity contribution < 1.29 is 4.42 Å². The predicted molar refractivity (Wildman–Crippen MR) is 70.9 cm³/mol. The summed E-state index contributed by atoms with van der Waals surface area (Å²) in [7, 11) is 4.20. The molecule has 1 N–H and O–H groups in total. The zero-order valence-electron chi connectivity index (χ0n) is 9.59. The molecule has 0 aliphatic heterocycles. The highest BCUT2D eigenvalue weighted by Crippen LogP contribution is 2.09. The Balaban J connectivity index is 2.19. The van der Waals surface area contributed by atoms with E-state index < -0.39 is 0 Å². The first kappa shape index (κ1) is 13.0. The van der Waals surface area contributed by atoms with Crippen LogP contribution in [-0.4, -0.2) is 31.6 Å². The van der Waals surface area contributed by atoms with Gasteiger partial charge in [-0.2, -0.15) is 0 Å². The first-order chi connectivity index (χ1) is 7.08. The number of hydrogen-bond acceptors (Lipinski definition) is 3. The van der Waals surface area contributed by atoms with Crippen molar-refractivity contribution in [3.8, 4) is 0 Å². The summed E-state index contributed by atoms with van der Waals surface area (Å²) in [5.41, 5.74) is 0. The van der Waals surface area contributed by atoms with Crippen LogP contribution >= 0.6 is 22.6 Å². The molecule has 0 amide bonds. The van der Waals surface area contributed by atoms with Crippen LogP contribution < -0.4 is 5.32 Å². The summed E-state index contributed by atoms with van der Waals surface area (Å²) >= 11 is 2.18. The van der Waals surface area contributed by atoms with E-state index in [0.717, 1.165) is 29.0 Å². The van der Waals surface area contributed by atoms with Crippen molar-refractivity contribution in [3.05, 3.63) is 21.7 Å². The van der Waals surface area contributed by atoms with E-state index in [-0.39, 0.29) is 0 Å². The van der Waals surface area contributed by atoms with Crippen molar-refractivity contribution in [3.63, 3.8) is 0 Å². The number of nitrogens with one attached hydrogen (secondary N) is 1. The molecule has 1 aromatic rings. The Bertz CT molecular complexity index is 286. The fourth-order valence-electron chi connectivity index (χ4n) is 1.28. The van der Waals surface area contributed by atoms with Gasteiger partial charge in [0.1, 0.15) is 5.76 Å². The van der Waals surface area contributed by atoms with Crippen molar-refractivity contribution in [2.45, 2.75) is 25.9 Å². The molecule has 0 saturated carbocycles. The normalized spacial score (nSPS) is 13.4. The van der Waals surface area contributed by atoms with E-state index in [4.69, 9.17) is 4.42 Å². The third-order valence-electron chi connectivity index (χ3n) is 2.26. The minimum atomic E-state index is 0.523. The number of nitrogens with zero attached hydrogens (tertiary/aromatic N) is 1. The maximum Gasteiger partial charge on any atom is 0.164 e. The van der Waals surface area contributed by atoms with E-state index in [0.29, 0.717) is 6.04 Å². The second kappa shape index (κ2) is 6.50. The van der Waals surface area contributed by atoms with E-state index >= 15 is 0 Å². The molecule has 0 spiro atoms. The standard InChI is InChI=1S/C11H19IN2O/c1-9(6-7-14(2)3)13-8-10-4-5-11(12)15-10/h4-5,9,13H,6-8H2,1-3H3. The largest absolute Gasteiger partial charge is 0.454 e. The molecule has 0 saturated heterocycles. The molecular formula is C11H19IN2O. The quantitative estimate of drug-likeness (QED) is 0.815. The molecule has 0 radical (unpaired) electrons. The smallest absolute Gasteiger partial charge is 0.164 e. The second-order valence-corrected chi connectivity index (χ2v) is 5.14. The van der Waals surface area contributed by atoms with Gasteiger partial charge in [0.25, 0.3) is 0 Å². The maximum atomic E-state index is 5.47. The topological polar surface area (TPSA) is 28.4 Å². The zero-order valence-corrected chi connectivity index (χ0v) is 11.7. The molecule has 0 aliphatic carbocycles. The molecule has 15 heavy (non-hydrogen) atoms. The lowest BCUT2D eigenvalue weighted by atomic mass is 10.2. The van der Waals surface area contributed by atoms with Gasteiger partial charge in [0.2, 0.25) is 0 Å². The third kappa shape index (κ3) is 5.53. The summed E-state index contributed by atoms with van der Waals surface area (Å²) < 4.78 is 6.42. The van der Waals surface area contributed by atoms with Crippen LogP contribution in [0.1, 0.15) is 19.1 Å². The first-order valence-corrected chi connectivity index (χ1v) is 6.28. The molecule has 0 fully saturated rings. The maximum absolute atomic E-state index is 5.47. The minimum Gasteiger partial charge on any atom is -0.454 e. The summed E-state index contributed by atoms with van der Waals surface area (Å²) in [5.74, 6) is 1.01. The van der Waals surface area contributed by atoms with Crippen molar-refractivity contribution in [1.29, 1.82) is 0 Å². The molecule has 0 aromatic carbocycles.